The highest BCUT2D eigenvalue weighted by Crippen LogP contribution is 2.34. The van der Waals surface area contributed by atoms with Crippen LogP contribution in [0.4, 0.5) is 4.79 Å². The van der Waals surface area contributed by atoms with Crippen LogP contribution in [-0.2, 0) is 20.9 Å². The van der Waals surface area contributed by atoms with Crippen molar-refractivity contribution >= 4 is 23.7 Å². The lowest BCUT2D eigenvalue weighted by molar-refractivity contribution is -0.145. The van der Waals surface area contributed by atoms with Gasteiger partial charge in [0.05, 0.1) is 13.0 Å². The van der Waals surface area contributed by atoms with Gasteiger partial charge in [-0.3, -0.25) is 4.79 Å². The van der Waals surface area contributed by atoms with Crippen LogP contribution in [0.25, 0.3) is 0 Å². The standard InChI is InChI=1S/C20H20ClNO4/c1-25-19(23)18-12-22(11-17(18)15-7-9-16(21)10-8-15)20(24)26-13-14-5-3-2-4-6-14/h2-10,17-18H,11-13H2,1H3/t17-,18+/m0/s1. The minimum atomic E-state index is -0.431. The number of esters is 1. The third-order valence-corrected chi connectivity index (χ3v) is 4.84. The van der Waals surface area contributed by atoms with Crippen LogP contribution in [0.2, 0.25) is 5.02 Å². The molecular formula is C20H20ClNO4. The number of carbonyl (C=O) groups is 2. The van der Waals surface area contributed by atoms with Crippen LogP contribution < -0.4 is 0 Å². The summed E-state index contributed by atoms with van der Waals surface area (Å²) in [6, 6.07) is 16.8. The molecule has 0 N–H and O–H groups in total. The minimum Gasteiger partial charge on any atom is -0.469 e. The van der Waals surface area contributed by atoms with E-state index < -0.39 is 12.0 Å². The molecule has 1 fully saturated rings. The maximum Gasteiger partial charge on any atom is 0.410 e. The smallest absolute Gasteiger partial charge is 0.410 e. The molecule has 0 bridgehead atoms. The van der Waals surface area contributed by atoms with Crippen molar-refractivity contribution in [2.45, 2.75) is 12.5 Å². The highest BCUT2D eigenvalue weighted by molar-refractivity contribution is 6.30. The lowest BCUT2D eigenvalue weighted by atomic mass is 9.89. The van der Waals surface area contributed by atoms with E-state index in [2.05, 4.69) is 0 Å². The van der Waals surface area contributed by atoms with E-state index in [1.807, 2.05) is 42.5 Å². The van der Waals surface area contributed by atoms with Gasteiger partial charge >= 0.3 is 12.1 Å². The summed E-state index contributed by atoms with van der Waals surface area (Å²) < 4.78 is 10.3. The molecule has 1 aliphatic rings. The third-order valence-electron chi connectivity index (χ3n) is 4.59. The molecule has 0 spiro atoms. The van der Waals surface area contributed by atoms with E-state index in [-0.39, 0.29) is 25.0 Å². The van der Waals surface area contributed by atoms with Crippen molar-refractivity contribution in [2.24, 2.45) is 5.92 Å². The Labute approximate surface area is 157 Å². The summed E-state index contributed by atoms with van der Waals surface area (Å²) in [5.74, 6) is -0.905. The molecule has 1 heterocycles. The van der Waals surface area contributed by atoms with Crippen LogP contribution in [0, 0.1) is 5.92 Å². The first-order valence-corrected chi connectivity index (χ1v) is 8.75. The Morgan fingerprint density at radius 2 is 1.77 bits per heavy atom. The molecular weight excluding hydrogens is 354 g/mol. The van der Waals surface area contributed by atoms with Crippen LogP contribution >= 0.6 is 11.6 Å². The number of hydrogen-bond acceptors (Lipinski definition) is 4. The maximum atomic E-state index is 12.4. The van der Waals surface area contributed by atoms with Crippen molar-refractivity contribution < 1.29 is 19.1 Å². The van der Waals surface area contributed by atoms with Crippen molar-refractivity contribution in [3.63, 3.8) is 0 Å². The van der Waals surface area contributed by atoms with E-state index in [4.69, 9.17) is 21.1 Å². The molecule has 1 amide bonds. The van der Waals surface area contributed by atoms with Crippen LogP contribution in [0.5, 0.6) is 0 Å². The second-order valence-electron chi connectivity index (χ2n) is 6.23. The number of nitrogens with zero attached hydrogens (tertiary/aromatic N) is 1. The first-order chi connectivity index (χ1) is 12.6. The summed E-state index contributed by atoms with van der Waals surface area (Å²) in [6.45, 7) is 0.868. The van der Waals surface area contributed by atoms with Gasteiger partial charge in [0.1, 0.15) is 6.61 Å². The van der Waals surface area contributed by atoms with Crippen LogP contribution in [0.3, 0.4) is 0 Å². The van der Waals surface area contributed by atoms with E-state index in [1.54, 1.807) is 17.0 Å². The predicted molar refractivity (Wildman–Crippen MR) is 97.9 cm³/mol. The average Bonchev–Trinajstić information content (AvgIpc) is 3.12. The highest BCUT2D eigenvalue weighted by atomic mass is 35.5. The molecule has 2 aromatic carbocycles. The fourth-order valence-corrected chi connectivity index (χ4v) is 3.33. The average molecular weight is 374 g/mol. The summed E-state index contributed by atoms with van der Waals surface area (Å²) in [5, 5.41) is 0.625. The Kier molecular flexibility index (Phi) is 5.78. The first-order valence-electron chi connectivity index (χ1n) is 8.37. The van der Waals surface area contributed by atoms with Gasteiger partial charge < -0.3 is 14.4 Å². The second kappa shape index (κ2) is 8.23. The molecule has 5 nitrogen and oxygen atoms in total. The van der Waals surface area contributed by atoms with Gasteiger partial charge in [-0.05, 0) is 23.3 Å². The quantitative estimate of drug-likeness (QED) is 0.763. The van der Waals surface area contributed by atoms with Gasteiger partial charge in [0.25, 0.3) is 0 Å². The maximum absolute atomic E-state index is 12.4. The van der Waals surface area contributed by atoms with Crippen LogP contribution in [0.1, 0.15) is 17.0 Å². The minimum absolute atomic E-state index is 0.149. The summed E-state index contributed by atoms with van der Waals surface area (Å²) in [5.41, 5.74) is 1.86. The Morgan fingerprint density at radius 3 is 2.42 bits per heavy atom. The number of likely N-dealkylation sites (tertiary alicyclic amines) is 1. The number of methoxy groups -OCH3 is 1. The normalized spacial score (nSPS) is 19.2. The molecule has 6 heteroatoms. The number of amides is 1. The van der Waals surface area contributed by atoms with E-state index in [0.29, 0.717) is 11.6 Å². The number of carbonyl (C=O) groups excluding carboxylic acids is 2. The second-order valence-corrected chi connectivity index (χ2v) is 6.67. The number of benzene rings is 2. The molecule has 0 aromatic heterocycles. The monoisotopic (exact) mass is 373 g/mol. The molecule has 0 saturated carbocycles. The zero-order valence-electron chi connectivity index (χ0n) is 14.4. The molecule has 3 rings (SSSR count). The summed E-state index contributed by atoms with van der Waals surface area (Å²) in [4.78, 5) is 26.2. The fraction of sp³-hybridized carbons (Fsp3) is 0.300. The number of halogens is 1. The van der Waals surface area contributed by atoms with Crippen molar-refractivity contribution in [3.05, 3.63) is 70.7 Å². The highest BCUT2D eigenvalue weighted by Gasteiger charge is 2.41. The molecule has 1 saturated heterocycles. The Hall–Kier alpha value is -2.53. The van der Waals surface area contributed by atoms with Crippen molar-refractivity contribution in [1.82, 2.24) is 4.90 Å². The van der Waals surface area contributed by atoms with Crippen LogP contribution in [0.15, 0.2) is 54.6 Å². The van der Waals surface area contributed by atoms with E-state index in [1.165, 1.54) is 7.11 Å². The Bertz CT molecular complexity index is 763. The number of rotatable bonds is 4. The molecule has 1 aliphatic heterocycles. The number of hydrogen-bond donors (Lipinski definition) is 0. The van der Waals surface area contributed by atoms with Gasteiger partial charge in [0.2, 0.25) is 0 Å². The number of ether oxygens (including phenoxy) is 2. The molecule has 0 radical (unpaired) electrons. The fourth-order valence-electron chi connectivity index (χ4n) is 3.20. The summed E-state index contributed by atoms with van der Waals surface area (Å²) >= 11 is 5.95. The van der Waals surface area contributed by atoms with Gasteiger partial charge in [0.15, 0.2) is 0 Å². The summed E-state index contributed by atoms with van der Waals surface area (Å²) in [6.07, 6.45) is -0.431. The lowest BCUT2D eigenvalue weighted by Crippen LogP contribution is -2.30. The Morgan fingerprint density at radius 1 is 1.08 bits per heavy atom. The van der Waals surface area contributed by atoms with Crippen LogP contribution in [-0.4, -0.2) is 37.2 Å². The van der Waals surface area contributed by atoms with Crippen molar-refractivity contribution in [3.8, 4) is 0 Å². The zero-order valence-corrected chi connectivity index (χ0v) is 15.2. The summed E-state index contributed by atoms with van der Waals surface area (Å²) in [7, 11) is 1.36. The van der Waals surface area contributed by atoms with Crippen molar-refractivity contribution in [1.29, 1.82) is 0 Å². The molecule has 26 heavy (non-hydrogen) atoms. The lowest BCUT2D eigenvalue weighted by Gasteiger charge is -2.16. The van der Waals surface area contributed by atoms with E-state index in [0.717, 1.165) is 11.1 Å². The zero-order chi connectivity index (χ0) is 18.5. The molecule has 2 atom stereocenters. The van der Waals surface area contributed by atoms with Gasteiger partial charge in [-0.15, -0.1) is 0 Å². The third kappa shape index (κ3) is 4.17. The van der Waals surface area contributed by atoms with E-state index >= 15 is 0 Å². The van der Waals surface area contributed by atoms with Gasteiger partial charge in [0, 0.05) is 24.0 Å². The van der Waals surface area contributed by atoms with Gasteiger partial charge in [-0.2, -0.15) is 0 Å². The molecule has 136 valence electrons. The molecule has 0 unspecified atom stereocenters. The molecule has 2 aromatic rings. The van der Waals surface area contributed by atoms with Crippen molar-refractivity contribution in [2.75, 3.05) is 20.2 Å². The Balaban J connectivity index is 1.70. The SMILES string of the molecule is COC(=O)[C@@H]1CN(C(=O)OCc2ccccc2)C[C@H]1c1ccc(Cl)cc1. The molecule has 0 aliphatic carbocycles. The predicted octanol–water partition coefficient (Wildman–Crippen LogP) is 3.87. The topological polar surface area (TPSA) is 55.8 Å². The first kappa shape index (κ1) is 18.3. The van der Waals surface area contributed by atoms with E-state index in [9.17, 15) is 9.59 Å². The van der Waals surface area contributed by atoms with Gasteiger partial charge in [-0.1, -0.05) is 54.1 Å². The van der Waals surface area contributed by atoms with Gasteiger partial charge in [-0.25, -0.2) is 4.79 Å². The largest absolute Gasteiger partial charge is 0.469 e.